The molecule has 1 N–H and O–H groups in total. The van der Waals surface area contributed by atoms with Gasteiger partial charge in [0, 0.05) is 22.0 Å². The van der Waals surface area contributed by atoms with E-state index in [1.165, 1.54) is 0 Å². The van der Waals surface area contributed by atoms with Crippen molar-refractivity contribution in [3.05, 3.63) is 59.4 Å². The standard InChI is InChI=1S/C22H23ClN4O2S/c1-30-19-7-3-2-6-18(19)24-22(28)16-5-4-12-27(13-16)14-20-25-21(26-29-20)15-8-10-17(23)11-9-15/h2-3,6-11,16H,4-5,12-14H2,1H3,(H,24,28). The largest absolute Gasteiger partial charge is 0.338 e. The number of amides is 1. The Hall–Kier alpha value is -2.35. The summed E-state index contributed by atoms with van der Waals surface area (Å²) in [6, 6.07) is 15.2. The molecule has 4 rings (SSSR count). The number of rotatable bonds is 6. The predicted molar refractivity (Wildman–Crippen MR) is 120 cm³/mol. The molecular weight excluding hydrogens is 420 g/mol. The quantitative estimate of drug-likeness (QED) is 0.544. The average Bonchev–Trinajstić information content (AvgIpc) is 3.23. The van der Waals surface area contributed by atoms with E-state index in [1.807, 2.05) is 42.7 Å². The van der Waals surface area contributed by atoms with Crippen molar-refractivity contribution in [3.63, 3.8) is 0 Å². The first-order valence-electron chi connectivity index (χ1n) is 9.87. The number of likely N-dealkylation sites (tertiary alicyclic amines) is 1. The van der Waals surface area contributed by atoms with Gasteiger partial charge in [0.2, 0.25) is 17.6 Å². The summed E-state index contributed by atoms with van der Waals surface area (Å²) in [5, 5.41) is 7.84. The van der Waals surface area contributed by atoms with E-state index in [1.54, 1.807) is 23.9 Å². The molecule has 156 valence electrons. The van der Waals surface area contributed by atoms with Crippen LogP contribution in [0.2, 0.25) is 5.02 Å². The van der Waals surface area contributed by atoms with E-state index in [0.29, 0.717) is 29.8 Å². The highest BCUT2D eigenvalue weighted by Crippen LogP contribution is 2.27. The maximum absolute atomic E-state index is 12.8. The van der Waals surface area contributed by atoms with Crippen molar-refractivity contribution in [1.29, 1.82) is 0 Å². The first-order valence-corrected chi connectivity index (χ1v) is 11.5. The number of carbonyl (C=O) groups excluding carboxylic acids is 1. The van der Waals surface area contributed by atoms with Gasteiger partial charge < -0.3 is 9.84 Å². The Kier molecular flexibility index (Phi) is 6.72. The van der Waals surface area contributed by atoms with Gasteiger partial charge in [0.05, 0.1) is 18.2 Å². The van der Waals surface area contributed by atoms with Crippen LogP contribution in [0.3, 0.4) is 0 Å². The lowest BCUT2D eigenvalue weighted by atomic mass is 9.97. The molecule has 0 spiro atoms. The number of para-hydroxylation sites is 1. The van der Waals surface area contributed by atoms with Gasteiger partial charge in [-0.3, -0.25) is 9.69 Å². The van der Waals surface area contributed by atoms with Crippen LogP contribution in [0.1, 0.15) is 18.7 Å². The summed E-state index contributed by atoms with van der Waals surface area (Å²) in [7, 11) is 0. The van der Waals surface area contributed by atoms with Crippen molar-refractivity contribution in [2.45, 2.75) is 24.3 Å². The zero-order chi connectivity index (χ0) is 20.9. The van der Waals surface area contributed by atoms with Crippen LogP contribution in [0, 0.1) is 5.92 Å². The van der Waals surface area contributed by atoms with Gasteiger partial charge in [0.1, 0.15) is 0 Å². The number of thioether (sulfide) groups is 1. The molecule has 1 aliphatic heterocycles. The molecule has 1 atom stereocenters. The molecule has 2 aromatic carbocycles. The molecule has 1 amide bonds. The van der Waals surface area contributed by atoms with Crippen molar-refractivity contribution in [2.75, 3.05) is 24.7 Å². The van der Waals surface area contributed by atoms with E-state index >= 15 is 0 Å². The number of anilines is 1. The molecule has 1 aliphatic rings. The molecular formula is C22H23ClN4O2S. The number of carbonyl (C=O) groups is 1. The molecule has 2 heterocycles. The van der Waals surface area contributed by atoms with Crippen molar-refractivity contribution < 1.29 is 9.32 Å². The molecule has 6 nitrogen and oxygen atoms in total. The summed E-state index contributed by atoms with van der Waals surface area (Å²) >= 11 is 7.56. The van der Waals surface area contributed by atoms with E-state index in [9.17, 15) is 4.79 Å². The lowest BCUT2D eigenvalue weighted by molar-refractivity contribution is -0.121. The number of hydrogen-bond donors (Lipinski definition) is 1. The maximum Gasteiger partial charge on any atom is 0.241 e. The number of nitrogens with one attached hydrogen (secondary N) is 1. The minimum Gasteiger partial charge on any atom is -0.338 e. The summed E-state index contributed by atoms with van der Waals surface area (Å²) in [5.74, 6) is 1.09. The van der Waals surface area contributed by atoms with Crippen LogP contribution in [-0.4, -0.2) is 40.3 Å². The monoisotopic (exact) mass is 442 g/mol. The molecule has 0 bridgehead atoms. The van der Waals surface area contributed by atoms with E-state index in [2.05, 4.69) is 20.4 Å². The fourth-order valence-electron chi connectivity index (χ4n) is 3.62. The molecule has 0 saturated carbocycles. The Morgan fingerprint density at radius 1 is 1.27 bits per heavy atom. The number of benzene rings is 2. The summed E-state index contributed by atoms with van der Waals surface area (Å²) in [4.78, 5) is 20.6. The van der Waals surface area contributed by atoms with Crippen molar-refractivity contribution in [2.24, 2.45) is 5.92 Å². The van der Waals surface area contributed by atoms with Gasteiger partial charge in [-0.25, -0.2) is 0 Å². The van der Waals surface area contributed by atoms with Gasteiger partial charge in [-0.2, -0.15) is 4.98 Å². The fourth-order valence-corrected chi connectivity index (χ4v) is 4.30. The van der Waals surface area contributed by atoms with Crippen LogP contribution >= 0.6 is 23.4 Å². The molecule has 30 heavy (non-hydrogen) atoms. The third-order valence-corrected chi connectivity index (χ3v) is 6.22. The maximum atomic E-state index is 12.8. The van der Waals surface area contributed by atoms with Crippen LogP contribution < -0.4 is 5.32 Å². The SMILES string of the molecule is CSc1ccccc1NC(=O)C1CCCN(Cc2nc(-c3ccc(Cl)cc3)no2)C1. The van der Waals surface area contributed by atoms with E-state index in [4.69, 9.17) is 16.1 Å². The average molecular weight is 443 g/mol. The summed E-state index contributed by atoms with van der Waals surface area (Å²) in [6.07, 6.45) is 3.85. The highest BCUT2D eigenvalue weighted by molar-refractivity contribution is 7.98. The van der Waals surface area contributed by atoms with Crippen molar-refractivity contribution in [1.82, 2.24) is 15.0 Å². The second-order valence-electron chi connectivity index (χ2n) is 7.28. The molecule has 3 aromatic rings. The minimum absolute atomic E-state index is 0.0627. The lowest BCUT2D eigenvalue weighted by Crippen LogP contribution is -2.40. The number of piperidine rings is 1. The third-order valence-electron chi connectivity index (χ3n) is 5.17. The van der Waals surface area contributed by atoms with Crippen LogP contribution in [0.15, 0.2) is 57.9 Å². The molecule has 0 aliphatic carbocycles. The molecule has 1 saturated heterocycles. The van der Waals surface area contributed by atoms with E-state index < -0.39 is 0 Å². The number of halogens is 1. The Morgan fingerprint density at radius 3 is 2.87 bits per heavy atom. The molecule has 1 fully saturated rings. The Labute approximate surface area is 185 Å². The summed E-state index contributed by atoms with van der Waals surface area (Å²) in [5.41, 5.74) is 1.73. The van der Waals surface area contributed by atoms with Gasteiger partial charge in [0.25, 0.3) is 0 Å². The highest BCUT2D eigenvalue weighted by Gasteiger charge is 2.27. The van der Waals surface area contributed by atoms with E-state index in [-0.39, 0.29) is 11.8 Å². The number of hydrogen-bond acceptors (Lipinski definition) is 6. The van der Waals surface area contributed by atoms with E-state index in [0.717, 1.165) is 35.5 Å². The van der Waals surface area contributed by atoms with Crippen LogP contribution in [0.25, 0.3) is 11.4 Å². The highest BCUT2D eigenvalue weighted by atomic mass is 35.5. The first kappa shape index (κ1) is 20.9. The fraction of sp³-hybridized carbons (Fsp3) is 0.318. The third kappa shape index (κ3) is 5.03. The van der Waals surface area contributed by atoms with Gasteiger partial charge in [0.15, 0.2) is 0 Å². The van der Waals surface area contributed by atoms with Gasteiger partial charge in [-0.15, -0.1) is 11.8 Å². The Bertz CT molecular complexity index is 1010. The topological polar surface area (TPSA) is 71.3 Å². The first-order chi connectivity index (χ1) is 14.6. The second kappa shape index (κ2) is 9.64. The van der Waals surface area contributed by atoms with Crippen LogP contribution in [0.5, 0.6) is 0 Å². The van der Waals surface area contributed by atoms with Crippen molar-refractivity contribution in [3.8, 4) is 11.4 Å². The zero-order valence-electron chi connectivity index (χ0n) is 16.7. The molecule has 0 radical (unpaired) electrons. The molecule has 1 aromatic heterocycles. The molecule has 1 unspecified atom stereocenters. The summed E-state index contributed by atoms with van der Waals surface area (Å²) < 4.78 is 5.43. The smallest absolute Gasteiger partial charge is 0.241 e. The molecule has 8 heteroatoms. The van der Waals surface area contributed by atoms with Crippen molar-refractivity contribution >= 4 is 35.0 Å². The second-order valence-corrected chi connectivity index (χ2v) is 8.57. The van der Waals surface area contributed by atoms with Gasteiger partial charge >= 0.3 is 0 Å². The minimum atomic E-state index is -0.0627. The lowest BCUT2D eigenvalue weighted by Gasteiger charge is -2.31. The Morgan fingerprint density at radius 2 is 2.07 bits per heavy atom. The summed E-state index contributed by atoms with van der Waals surface area (Å²) in [6.45, 7) is 2.11. The number of nitrogens with zero attached hydrogens (tertiary/aromatic N) is 3. The Balaban J connectivity index is 1.37. The van der Waals surface area contributed by atoms with Crippen LogP contribution in [-0.2, 0) is 11.3 Å². The zero-order valence-corrected chi connectivity index (χ0v) is 18.2. The van der Waals surface area contributed by atoms with Gasteiger partial charge in [-0.05, 0) is 62.0 Å². The normalized spacial score (nSPS) is 17.1. The van der Waals surface area contributed by atoms with Crippen LogP contribution in [0.4, 0.5) is 5.69 Å². The predicted octanol–water partition coefficient (Wildman–Crippen LogP) is 4.96. The van der Waals surface area contributed by atoms with Gasteiger partial charge in [-0.1, -0.05) is 28.9 Å². The number of aromatic nitrogens is 2.